The molecule has 1 aliphatic heterocycles. The lowest BCUT2D eigenvalue weighted by Gasteiger charge is -2.31. The van der Waals surface area contributed by atoms with E-state index in [-0.39, 0.29) is 11.9 Å². The molecule has 2 unspecified atom stereocenters. The number of H-pyrrole nitrogens is 1. The molecule has 144 valence electrons. The number of nitrogens with zero attached hydrogens (tertiary/aromatic N) is 2. The third kappa shape index (κ3) is 3.97. The Morgan fingerprint density at radius 3 is 2.67 bits per heavy atom. The zero-order chi connectivity index (χ0) is 19.2. The van der Waals surface area contributed by atoms with Gasteiger partial charge < -0.3 is 4.74 Å². The Morgan fingerprint density at radius 1 is 1.11 bits per heavy atom. The molecule has 1 aromatic carbocycles. The predicted octanol–water partition coefficient (Wildman–Crippen LogP) is 4.95. The van der Waals surface area contributed by atoms with Crippen LogP contribution < -0.4 is 0 Å². The summed E-state index contributed by atoms with van der Waals surface area (Å²) in [4.78, 5) is 17.7. The highest BCUT2D eigenvalue weighted by atomic mass is 16.5. The summed E-state index contributed by atoms with van der Waals surface area (Å²) in [5.41, 5.74) is 4.36. The van der Waals surface area contributed by atoms with Gasteiger partial charge in [-0.2, -0.15) is 5.10 Å². The van der Waals surface area contributed by atoms with Crippen molar-refractivity contribution in [3.63, 3.8) is 0 Å². The van der Waals surface area contributed by atoms with Gasteiger partial charge >= 0.3 is 5.97 Å². The lowest BCUT2D eigenvalue weighted by molar-refractivity contribution is -0.146. The number of ether oxygens (including phenoxy) is 1. The molecule has 3 rings (SSSR count). The number of fused-ring (bicyclic) bond motifs is 1. The molecule has 2 aromatic rings. The minimum Gasteiger partial charge on any atom is -0.465 e. The molecule has 2 heterocycles. The van der Waals surface area contributed by atoms with Crippen LogP contribution in [0.3, 0.4) is 0 Å². The van der Waals surface area contributed by atoms with Gasteiger partial charge in [0.2, 0.25) is 0 Å². The molecule has 5 heteroatoms. The maximum Gasteiger partial charge on any atom is 0.315 e. The van der Waals surface area contributed by atoms with Crippen molar-refractivity contribution in [3.05, 3.63) is 47.2 Å². The highest BCUT2D eigenvalue weighted by Crippen LogP contribution is 2.44. The van der Waals surface area contributed by atoms with E-state index < -0.39 is 5.92 Å². The SMILES string of the molecule is CCCCc1ccccc1C1c2cn[nH]c2N=C(CCC)C1C(=O)OCC. The van der Waals surface area contributed by atoms with Gasteiger partial charge in [0.25, 0.3) is 0 Å². The summed E-state index contributed by atoms with van der Waals surface area (Å²) in [5, 5.41) is 7.23. The van der Waals surface area contributed by atoms with Crippen molar-refractivity contribution in [1.29, 1.82) is 0 Å². The molecule has 0 bridgehead atoms. The molecule has 0 spiro atoms. The Morgan fingerprint density at radius 2 is 1.93 bits per heavy atom. The second-order valence-electron chi connectivity index (χ2n) is 7.04. The summed E-state index contributed by atoms with van der Waals surface area (Å²) in [7, 11) is 0. The first kappa shape index (κ1) is 19.3. The van der Waals surface area contributed by atoms with Gasteiger partial charge in [0.05, 0.1) is 12.8 Å². The fourth-order valence-electron chi connectivity index (χ4n) is 3.94. The zero-order valence-electron chi connectivity index (χ0n) is 16.5. The van der Waals surface area contributed by atoms with E-state index in [9.17, 15) is 4.79 Å². The number of carbonyl (C=O) groups excluding carboxylic acids is 1. The van der Waals surface area contributed by atoms with E-state index in [0.29, 0.717) is 6.61 Å². The van der Waals surface area contributed by atoms with Crippen LogP contribution in [0.4, 0.5) is 5.82 Å². The first-order valence-corrected chi connectivity index (χ1v) is 10.1. The van der Waals surface area contributed by atoms with Crippen LogP contribution in [0, 0.1) is 5.92 Å². The Bertz CT molecular complexity index is 809. The average Bonchev–Trinajstić information content (AvgIpc) is 3.14. The molecule has 0 amide bonds. The summed E-state index contributed by atoms with van der Waals surface area (Å²) in [5.74, 6) is 0.0869. The van der Waals surface area contributed by atoms with E-state index in [2.05, 4.69) is 48.3 Å². The molecule has 0 aliphatic carbocycles. The third-order valence-corrected chi connectivity index (χ3v) is 5.17. The smallest absolute Gasteiger partial charge is 0.315 e. The lowest BCUT2D eigenvalue weighted by Crippen LogP contribution is -2.35. The zero-order valence-corrected chi connectivity index (χ0v) is 16.5. The van der Waals surface area contributed by atoms with Gasteiger partial charge in [0.15, 0.2) is 5.82 Å². The number of aryl methyl sites for hydroxylation is 1. The standard InChI is InChI=1S/C22H29N3O2/c1-4-7-11-15-12-8-9-13-16(15)19-17-14-23-25-21(17)24-18(10-5-2)20(19)22(26)27-6-3/h8-9,12-14,19-20H,4-7,10-11H2,1-3H3,(H,23,25). The van der Waals surface area contributed by atoms with Gasteiger partial charge in [-0.05, 0) is 37.3 Å². The first-order chi connectivity index (χ1) is 13.2. The lowest BCUT2D eigenvalue weighted by atomic mass is 9.74. The Kier molecular flexibility index (Phi) is 6.43. The van der Waals surface area contributed by atoms with Crippen molar-refractivity contribution in [3.8, 4) is 0 Å². The van der Waals surface area contributed by atoms with Crippen LogP contribution in [0.1, 0.15) is 69.1 Å². The molecule has 1 aliphatic rings. The normalized spacial score (nSPS) is 18.7. The number of benzene rings is 1. The molecule has 5 nitrogen and oxygen atoms in total. The molecule has 0 saturated carbocycles. The minimum atomic E-state index is -0.391. The summed E-state index contributed by atoms with van der Waals surface area (Å²) in [6, 6.07) is 8.46. The van der Waals surface area contributed by atoms with Gasteiger partial charge in [-0.1, -0.05) is 51.0 Å². The summed E-state index contributed by atoms with van der Waals surface area (Å²) >= 11 is 0. The second kappa shape index (κ2) is 8.98. The molecule has 1 aromatic heterocycles. The molecular formula is C22H29N3O2. The minimum absolute atomic E-state index is 0.107. The number of aromatic amines is 1. The largest absolute Gasteiger partial charge is 0.465 e. The first-order valence-electron chi connectivity index (χ1n) is 10.1. The van der Waals surface area contributed by atoms with Gasteiger partial charge in [-0.3, -0.25) is 9.89 Å². The topological polar surface area (TPSA) is 67.3 Å². The van der Waals surface area contributed by atoms with Gasteiger partial charge in [-0.25, -0.2) is 4.99 Å². The predicted molar refractivity (Wildman–Crippen MR) is 108 cm³/mol. The Labute approximate surface area is 161 Å². The number of aromatic nitrogens is 2. The number of esters is 1. The number of rotatable bonds is 8. The van der Waals surface area contributed by atoms with E-state index in [1.54, 1.807) is 0 Å². The van der Waals surface area contributed by atoms with Crippen LogP contribution in [-0.4, -0.2) is 28.5 Å². The van der Waals surface area contributed by atoms with Crippen LogP contribution in [-0.2, 0) is 16.0 Å². The van der Waals surface area contributed by atoms with E-state index in [1.807, 2.05) is 13.1 Å². The average molecular weight is 367 g/mol. The number of unbranched alkanes of at least 4 members (excludes halogenated alkanes) is 1. The van der Waals surface area contributed by atoms with Crippen molar-refractivity contribution in [2.45, 2.75) is 58.8 Å². The van der Waals surface area contributed by atoms with E-state index in [4.69, 9.17) is 9.73 Å². The van der Waals surface area contributed by atoms with E-state index in [1.165, 1.54) is 11.1 Å². The fourth-order valence-corrected chi connectivity index (χ4v) is 3.94. The van der Waals surface area contributed by atoms with Crippen LogP contribution in [0.15, 0.2) is 35.5 Å². The van der Waals surface area contributed by atoms with Crippen molar-refractivity contribution in [2.75, 3.05) is 6.61 Å². The highest BCUT2D eigenvalue weighted by Gasteiger charge is 2.41. The number of carbonyl (C=O) groups is 1. The number of hydrogen-bond acceptors (Lipinski definition) is 4. The summed E-state index contributed by atoms with van der Waals surface area (Å²) in [6.45, 7) is 6.53. The van der Waals surface area contributed by atoms with Gasteiger partial charge in [-0.15, -0.1) is 0 Å². The molecular weight excluding hydrogens is 338 g/mol. The third-order valence-electron chi connectivity index (χ3n) is 5.17. The highest BCUT2D eigenvalue weighted by molar-refractivity contribution is 6.06. The van der Waals surface area contributed by atoms with Crippen molar-refractivity contribution < 1.29 is 9.53 Å². The van der Waals surface area contributed by atoms with Crippen LogP contribution >= 0.6 is 0 Å². The molecule has 0 radical (unpaired) electrons. The molecule has 2 atom stereocenters. The quantitative estimate of drug-likeness (QED) is 0.671. The fraction of sp³-hybridized carbons (Fsp3) is 0.500. The monoisotopic (exact) mass is 367 g/mol. The number of nitrogens with one attached hydrogen (secondary N) is 1. The van der Waals surface area contributed by atoms with Crippen LogP contribution in [0.5, 0.6) is 0 Å². The Hall–Kier alpha value is -2.43. The van der Waals surface area contributed by atoms with Crippen molar-refractivity contribution in [2.24, 2.45) is 10.9 Å². The second-order valence-corrected chi connectivity index (χ2v) is 7.04. The molecule has 27 heavy (non-hydrogen) atoms. The summed E-state index contributed by atoms with van der Waals surface area (Å²) in [6.07, 6.45) is 6.79. The number of aliphatic imine (C=N–C) groups is 1. The van der Waals surface area contributed by atoms with E-state index >= 15 is 0 Å². The maximum atomic E-state index is 13.0. The van der Waals surface area contributed by atoms with Gasteiger partial charge in [0.1, 0.15) is 5.92 Å². The summed E-state index contributed by atoms with van der Waals surface area (Å²) < 4.78 is 5.47. The van der Waals surface area contributed by atoms with Crippen molar-refractivity contribution in [1.82, 2.24) is 10.2 Å². The van der Waals surface area contributed by atoms with Gasteiger partial charge in [0, 0.05) is 17.2 Å². The Balaban J connectivity index is 2.13. The molecule has 0 fully saturated rings. The van der Waals surface area contributed by atoms with E-state index in [0.717, 1.165) is 49.2 Å². The molecule has 0 saturated heterocycles. The number of hydrogen-bond donors (Lipinski definition) is 1. The van der Waals surface area contributed by atoms with Crippen molar-refractivity contribution >= 4 is 17.5 Å². The van der Waals surface area contributed by atoms with Crippen LogP contribution in [0.25, 0.3) is 0 Å². The molecule has 1 N–H and O–H groups in total. The van der Waals surface area contributed by atoms with Crippen LogP contribution in [0.2, 0.25) is 0 Å². The maximum absolute atomic E-state index is 13.0.